The number of hydrogen-bond acceptors (Lipinski definition) is 7. The van der Waals surface area contributed by atoms with Crippen molar-refractivity contribution in [3.8, 4) is 5.75 Å². The number of benzene rings is 2. The molecule has 1 N–H and O–H groups in total. The van der Waals surface area contributed by atoms with E-state index in [1.807, 2.05) is 31.2 Å². The predicted octanol–water partition coefficient (Wildman–Crippen LogP) is 6.51. The summed E-state index contributed by atoms with van der Waals surface area (Å²) in [5.41, 5.74) is 0.131. The molecule has 0 fully saturated rings. The Hall–Kier alpha value is -2.93. The van der Waals surface area contributed by atoms with Crippen molar-refractivity contribution in [2.75, 3.05) is 13.2 Å². The summed E-state index contributed by atoms with van der Waals surface area (Å²) < 4.78 is 31.5. The lowest BCUT2D eigenvalue weighted by Crippen LogP contribution is -2.35. The lowest BCUT2D eigenvalue weighted by Gasteiger charge is -2.28. The molecule has 1 aromatic heterocycles. The van der Waals surface area contributed by atoms with E-state index in [1.165, 1.54) is 17.4 Å². The van der Waals surface area contributed by atoms with Gasteiger partial charge in [-0.3, -0.25) is 9.36 Å². The number of nitrogens with one attached hydrogen (secondary N) is 1. The second kappa shape index (κ2) is 12.2. The van der Waals surface area contributed by atoms with Crippen molar-refractivity contribution in [3.63, 3.8) is 0 Å². The van der Waals surface area contributed by atoms with Gasteiger partial charge in [-0.25, -0.2) is 9.88 Å². The zero-order chi connectivity index (χ0) is 25.4. The topological polar surface area (TPSA) is 90.9 Å². The molecule has 7 nitrogen and oxygen atoms in total. The Bertz CT molecular complexity index is 1230. The van der Waals surface area contributed by atoms with Gasteiger partial charge in [0.05, 0.1) is 12.3 Å². The van der Waals surface area contributed by atoms with Gasteiger partial charge >= 0.3 is 19.5 Å². The summed E-state index contributed by atoms with van der Waals surface area (Å²) in [6, 6.07) is 15.4. The van der Waals surface area contributed by atoms with Crippen LogP contribution in [-0.4, -0.2) is 31.2 Å². The first-order valence-corrected chi connectivity index (χ1v) is 13.9. The first kappa shape index (κ1) is 26.7. The predicted molar refractivity (Wildman–Crippen MR) is 139 cm³/mol. The minimum Gasteiger partial charge on any atom is -0.465 e. The molecule has 0 radical (unpaired) electrons. The Morgan fingerprint density at radius 3 is 2.54 bits per heavy atom. The number of rotatable bonds is 12. The fraction of sp³-hybridized carbons (Fsp3) is 0.308. The van der Waals surface area contributed by atoms with Crippen molar-refractivity contribution in [3.05, 3.63) is 77.7 Å². The van der Waals surface area contributed by atoms with Crippen molar-refractivity contribution in [2.24, 2.45) is 0 Å². The largest absolute Gasteiger partial charge is 0.465 e. The summed E-state index contributed by atoms with van der Waals surface area (Å²) in [5.74, 6) is -0.486. The number of carbonyl (C=O) groups is 2. The average Bonchev–Trinajstić information content (AvgIpc) is 3.29. The summed E-state index contributed by atoms with van der Waals surface area (Å²) in [5, 5.41) is 3.75. The van der Waals surface area contributed by atoms with Crippen LogP contribution in [-0.2, 0) is 18.8 Å². The summed E-state index contributed by atoms with van der Waals surface area (Å²) in [6.07, 6.45) is 2.21. The third-order valence-electron chi connectivity index (χ3n) is 5.23. The van der Waals surface area contributed by atoms with Gasteiger partial charge in [-0.2, -0.15) is 0 Å². The van der Waals surface area contributed by atoms with E-state index in [0.29, 0.717) is 17.0 Å². The molecule has 0 bridgehead atoms. The molecular weight excluding hydrogens is 485 g/mol. The van der Waals surface area contributed by atoms with Crippen molar-refractivity contribution in [2.45, 2.75) is 38.9 Å². The Morgan fingerprint density at radius 2 is 1.86 bits per heavy atom. The molecule has 186 valence electrons. The zero-order valence-corrected chi connectivity index (χ0v) is 21.8. The van der Waals surface area contributed by atoms with Crippen LogP contribution < -0.4 is 9.61 Å². The van der Waals surface area contributed by atoms with Crippen molar-refractivity contribution in [1.29, 1.82) is 0 Å². The molecule has 0 aliphatic rings. The fourth-order valence-electron chi connectivity index (χ4n) is 3.33. The van der Waals surface area contributed by atoms with Gasteiger partial charge in [-0.05, 0) is 61.5 Å². The quantitative estimate of drug-likeness (QED) is 0.167. The molecule has 3 atom stereocenters. The summed E-state index contributed by atoms with van der Waals surface area (Å²) in [4.78, 5) is 25.1. The zero-order valence-electron chi connectivity index (χ0n) is 20.1. The van der Waals surface area contributed by atoms with Gasteiger partial charge in [0.1, 0.15) is 23.3 Å². The SMILES string of the molecule is C=CCOC(=O)c1cc2cc(C(C)P(=O)(NC(C)C(=O)OCCC)Oc3ccccc3)ccc2s1. The van der Waals surface area contributed by atoms with E-state index in [4.69, 9.17) is 14.0 Å². The summed E-state index contributed by atoms with van der Waals surface area (Å²) in [6.45, 7) is 9.28. The number of esters is 2. The van der Waals surface area contributed by atoms with E-state index < -0.39 is 31.2 Å². The smallest absolute Gasteiger partial charge is 0.348 e. The standard InChI is InChI=1S/C26H30NO6PS/c1-5-14-31-25(28)18(3)27-34(30,33-22-10-8-7-9-11-22)19(4)20-12-13-23-21(16-20)17-24(35-23)26(29)32-15-6-2/h6-13,16-19H,2,5,14-15H2,1,3-4H3,(H,27,30). The van der Waals surface area contributed by atoms with Crippen LogP contribution >= 0.6 is 18.9 Å². The van der Waals surface area contributed by atoms with Crippen LogP contribution in [0.15, 0.2) is 67.3 Å². The summed E-state index contributed by atoms with van der Waals surface area (Å²) in [7, 11) is -3.65. The van der Waals surface area contributed by atoms with Crippen molar-refractivity contribution < 1.29 is 28.2 Å². The number of thiophene rings is 1. The van der Waals surface area contributed by atoms with E-state index in [2.05, 4.69) is 11.7 Å². The van der Waals surface area contributed by atoms with Crippen LogP contribution in [0.2, 0.25) is 0 Å². The first-order chi connectivity index (χ1) is 16.8. The third-order valence-corrected chi connectivity index (χ3v) is 8.87. The fourth-order valence-corrected chi connectivity index (χ4v) is 6.33. The number of hydrogen-bond donors (Lipinski definition) is 1. The van der Waals surface area contributed by atoms with Gasteiger partial charge in [0, 0.05) is 4.70 Å². The van der Waals surface area contributed by atoms with E-state index in [1.54, 1.807) is 44.2 Å². The highest BCUT2D eigenvalue weighted by molar-refractivity contribution is 7.57. The van der Waals surface area contributed by atoms with Gasteiger partial charge in [-0.1, -0.05) is 43.8 Å². The second-order valence-corrected chi connectivity index (χ2v) is 11.5. The van der Waals surface area contributed by atoms with Gasteiger partial charge < -0.3 is 14.0 Å². The maximum absolute atomic E-state index is 14.2. The van der Waals surface area contributed by atoms with Crippen LogP contribution in [0.4, 0.5) is 0 Å². The minimum atomic E-state index is -3.65. The molecule has 0 aliphatic carbocycles. The van der Waals surface area contributed by atoms with Crippen LogP contribution in [0.5, 0.6) is 5.75 Å². The molecule has 0 aliphatic heterocycles. The highest BCUT2D eigenvalue weighted by atomic mass is 32.1. The van der Waals surface area contributed by atoms with E-state index in [0.717, 1.165) is 15.6 Å². The van der Waals surface area contributed by atoms with E-state index in [-0.39, 0.29) is 13.2 Å². The average molecular weight is 516 g/mol. The monoisotopic (exact) mass is 515 g/mol. The third kappa shape index (κ3) is 6.82. The van der Waals surface area contributed by atoms with Crippen LogP contribution in [0.25, 0.3) is 10.1 Å². The second-order valence-electron chi connectivity index (χ2n) is 7.99. The molecule has 0 saturated carbocycles. The molecule has 2 aromatic carbocycles. The molecule has 0 amide bonds. The van der Waals surface area contributed by atoms with E-state index in [9.17, 15) is 14.2 Å². The van der Waals surface area contributed by atoms with E-state index >= 15 is 0 Å². The lowest BCUT2D eigenvalue weighted by atomic mass is 10.1. The number of carbonyl (C=O) groups excluding carboxylic acids is 2. The Kier molecular flexibility index (Phi) is 9.26. The van der Waals surface area contributed by atoms with Crippen LogP contribution in [0.3, 0.4) is 0 Å². The maximum Gasteiger partial charge on any atom is 0.348 e. The molecule has 3 aromatic rings. The highest BCUT2D eigenvalue weighted by Crippen LogP contribution is 2.57. The maximum atomic E-state index is 14.2. The molecular formula is C26H30NO6PS. The highest BCUT2D eigenvalue weighted by Gasteiger charge is 2.37. The molecule has 3 unspecified atom stereocenters. The Morgan fingerprint density at radius 1 is 1.11 bits per heavy atom. The molecule has 9 heteroatoms. The van der Waals surface area contributed by atoms with Crippen molar-refractivity contribution >= 4 is 40.9 Å². The number of fused-ring (bicyclic) bond motifs is 1. The molecule has 35 heavy (non-hydrogen) atoms. The van der Waals surface area contributed by atoms with Crippen LogP contribution in [0, 0.1) is 0 Å². The number of para-hydroxylation sites is 1. The Balaban J connectivity index is 1.91. The molecule has 0 spiro atoms. The summed E-state index contributed by atoms with van der Waals surface area (Å²) >= 11 is 1.32. The molecule has 1 heterocycles. The van der Waals surface area contributed by atoms with Gasteiger partial charge in [-0.15, -0.1) is 11.3 Å². The normalized spacial score (nSPS) is 14.5. The van der Waals surface area contributed by atoms with Gasteiger partial charge in [0.25, 0.3) is 0 Å². The lowest BCUT2D eigenvalue weighted by molar-refractivity contribution is -0.145. The number of ether oxygens (including phenoxy) is 2. The van der Waals surface area contributed by atoms with Crippen molar-refractivity contribution in [1.82, 2.24) is 5.09 Å². The van der Waals surface area contributed by atoms with Gasteiger partial charge in [0.15, 0.2) is 0 Å². The molecule has 0 saturated heterocycles. The minimum absolute atomic E-state index is 0.139. The molecule has 3 rings (SSSR count). The Labute approximate surface area is 209 Å². The van der Waals surface area contributed by atoms with Crippen LogP contribution in [0.1, 0.15) is 48.1 Å². The first-order valence-electron chi connectivity index (χ1n) is 11.4. The van der Waals surface area contributed by atoms with Gasteiger partial charge in [0.2, 0.25) is 0 Å².